The number of carbonyl (C=O) groups excluding carboxylic acids is 2. The molecule has 2 aromatic rings. The first kappa shape index (κ1) is 17.9. The van der Waals surface area contributed by atoms with Crippen LogP contribution in [-0.2, 0) is 4.79 Å². The summed E-state index contributed by atoms with van der Waals surface area (Å²) in [5.41, 5.74) is 2.04. The van der Waals surface area contributed by atoms with E-state index >= 15 is 0 Å². The molecule has 0 atom stereocenters. The highest BCUT2D eigenvalue weighted by Crippen LogP contribution is 2.24. The Hall–Kier alpha value is -2.40. The van der Waals surface area contributed by atoms with Crippen LogP contribution in [0.15, 0.2) is 53.0 Å². The summed E-state index contributed by atoms with van der Waals surface area (Å²) in [6, 6.07) is 12.4. The van der Waals surface area contributed by atoms with Crippen LogP contribution in [0.4, 0.5) is 5.69 Å². The maximum atomic E-state index is 12.3. The van der Waals surface area contributed by atoms with Gasteiger partial charge in [0.25, 0.3) is 0 Å². The van der Waals surface area contributed by atoms with Gasteiger partial charge in [0.1, 0.15) is 5.75 Å². The number of amides is 1. The van der Waals surface area contributed by atoms with Gasteiger partial charge >= 0.3 is 0 Å². The van der Waals surface area contributed by atoms with Crippen molar-refractivity contribution in [2.75, 3.05) is 12.4 Å². The van der Waals surface area contributed by atoms with Crippen molar-refractivity contribution < 1.29 is 14.3 Å². The van der Waals surface area contributed by atoms with Crippen molar-refractivity contribution in [3.05, 3.63) is 64.1 Å². The molecular weight excluding hydrogens is 370 g/mol. The Bertz CT molecular complexity index is 767. The van der Waals surface area contributed by atoms with Gasteiger partial charge in [0.2, 0.25) is 5.91 Å². The predicted octanol–water partition coefficient (Wildman–Crippen LogP) is 4.70. The van der Waals surface area contributed by atoms with Crippen molar-refractivity contribution in [2.24, 2.45) is 0 Å². The highest BCUT2D eigenvalue weighted by atomic mass is 79.9. The SMILES string of the molecule is CCC(=O)Nc1ccc(C(=O)/C=C\c2cc(Br)ccc2OC)cc1. The van der Waals surface area contributed by atoms with Gasteiger partial charge in [0.15, 0.2) is 5.78 Å². The van der Waals surface area contributed by atoms with Gasteiger partial charge in [-0.3, -0.25) is 9.59 Å². The molecule has 4 nitrogen and oxygen atoms in total. The van der Waals surface area contributed by atoms with Gasteiger partial charge in [-0.25, -0.2) is 0 Å². The van der Waals surface area contributed by atoms with Gasteiger partial charge < -0.3 is 10.1 Å². The number of anilines is 1. The second-order valence-electron chi connectivity index (χ2n) is 5.06. The second kappa shape index (κ2) is 8.45. The van der Waals surface area contributed by atoms with E-state index < -0.39 is 0 Å². The lowest BCUT2D eigenvalue weighted by atomic mass is 10.1. The molecule has 0 spiro atoms. The molecule has 2 aromatic carbocycles. The molecule has 1 amide bonds. The van der Waals surface area contributed by atoms with Gasteiger partial charge in [-0.15, -0.1) is 0 Å². The average Bonchev–Trinajstić information content (AvgIpc) is 2.60. The van der Waals surface area contributed by atoms with Crippen molar-refractivity contribution in [2.45, 2.75) is 13.3 Å². The molecule has 0 fully saturated rings. The van der Waals surface area contributed by atoms with Crippen LogP contribution in [0, 0.1) is 0 Å². The van der Waals surface area contributed by atoms with Crippen LogP contribution in [0.1, 0.15) is 29.3 Å². The topological polar surface area (TPSA) is 55.4 Å². The van der Waals surface area contributed by atoms with Crippen molar-refractivity contribution >= 4 is 39.4 Å². The molecule has 0 saturated carbocycles. The zero-order valence-electron chi connectivity index (χ0n) is 13.5. The summed E-state index contributed by atoms with van der Waals surface area (Å²) >= 11 is 3.40. The quantitative estimate of drug-likeness (QED) is 0.577. The van der Waals surface area contributed by atoms with E-state index in [2.05, 4.69) is 21.2 Å². The molecule has 0 aromatic heterocycles. The van der Waals surface area contributed by atoms with Gasteiger partial charge in [-0.2, -0.15) is 0 Å². The van der Waals surface area contributed by atoms with E-state index in [9.17, 15) is 9.59 Å². The molecule has 0 bridgehead atoms. The van der Waals surface area contributed by atoms with Crippen LogP contribution < -0.4 is 10.1 Å². The molecule has 24 heavy (non-hydrogen) atoms. The molecule has 0 aliphatic rings. The molecule has 0 heterocycles. The summed E-state index contributed by atoms with van der Waals surface area (Å²) < 4.78 is 6.19. The molecule has 1 N–H and O–H groups in total. The zero-order valence-corrected chi connectivity index (χ0v) is 15.1. The smallest absolute Gasteiger partial charge is 0.224 e. The predicted molar refractivity (Wildman–Crippen MR) is 99.4 cm³/mol. The number of allylic oxidation sites excluding steroid dienone is 1. The third kappa shape index (κ3) is 4.80. The normalized spacial score (nSPS) is 10.6. The standard InChI is InChI=1S/C19H18BrNO3/c1-3-19(23)21-16-8-4-13(5-9-16)17(22)10-6-14-12-15(20)7-11-18(14)24-2/h4-12H,3H2,1-2H3,(H,21,23)/b10-6-. The van der Waals surface area contributed by atoms with Crippen LogP contribution in [0.25, 0.3) is 6.08 Å². The minimum atomic E-state index is -0.120. The Morgan fingerprint density at radius 2 is 1.88 bits per heavy atom. The number of hydrogen-bond acceptors (Lipinski definition) is 3. The molecule has 0 aliphatic carbocycles. The average molecular weight is 388 g/mol. The summed E-state index contributed by atoms with van der Waals surface area (Å²) in [5.74, 6) is 0.515. The first-order chi connectivity index (χ1) is 11.5. The summed E-state index contributed by atoms with van der Waals surface area (Å²) in [5, 5.41) is 2.75. The van der Waals surface area contributed by atoms with Gasteiger partial charge in [0, 0.05) is 27.7 Å². The number of hydrogen-bond donors (Lipinski definition) is 1. The second-order valence-corrected chi connectivity index (χ2v) is 5.98. The fourth-order valence-corrected chi connectivity index (χ4v) is 2.44. The monoisotopic (exact) mass is 387 g/mol. The van der Waals surface area contributed by atoms with Gasteiger partial charge in [-0.1, -0.05) is 22.9 Å². The number of carbonyl (C=O) groups is 2. The van der Waals surface area contributed by atoms with Crippen LogP contribution in [-0.4, -0.2) is 18.8 Å². The number of ketones is 1. The molecule has 2 rings (SSSR count). The van der Waals surface area contributed by atoms with Crippen LogP contribution in [0.2, 0.25) is 0 Å². The van der Waals surface area contributed by atoms with E-state index in [1.165, 1.54) is 6.08 Å². The fourth-order valence-electron chi connectivity index (χ4n) is 2.06. The molecule has 124 valence electrons. The van der Waals surface area contributed by atoms with E-state index in [0.717, 1.165) is 10.0 Å². The van der Waals surface area contributed by atoms with Crippen molar-refractivity contribution in [3.63, 3.8) is 0 Å². The largest absolute Gasteiger partial charge is 0.496 e. The third-order valence-electron chi connectivity index (χ3n) is 3.38. The molecule has 0 radical (unpaired) electrons. The number of methoxy groups -OCH3 is 1. The Balaban J connectivity index is 2.12. The van der Waals surface area contributed by atoms with Crippen LogP contribution >= 0.6 is 15.9 Å². The lowest BCUT2D eigenvalue weighted by Crippen LogP contribution is -2.09. The summed E-state index contributed by atoms with van der Waals surface area (Å²) in [4.78, 5) is 23.6. The lowest BCUT2D eigenvalue weighted by molar-refractivity contribution is -0.115. The van der Waals surface area contributed by atoms with E-state index in [1.807, 2.05) is 18.2 Å². The Morgan fingerprint density at radius 1 is 1.17 bits per heavy atom. The lowest BCUT2D eigenvalue weighted by Gasteiger charge is -2.05. The van der Waals surface area contributed by atoms with Crippen LogP contribution in [0.3, 0.4) is 0 Å². The number of rotatable bonds is 6. The first-order valence-electron chi connectivity index (χ1n) is 7.49. The van der Waals surface area contributed by atoms with Crippen molar-refractivity contribution in [1.82, 2.24) is 0 Å². The highest BCUT2D eigenvalue weighted by Gasteiger charge is 2.05. The third-order valence-corrected chi connectivity index (χ3v) is 3.87. The number of benzene rings is 2. The fraction of sp³-hybridized carbons (Fsp3) is 0.158. The maximum Gasteiger partial charge on any atom is 0.224 e. The summed E-state index contributed by atoms with van der Waals surface area (Å²) in [6.07, 6.45) is 3.64. The Morgan fingerprint density at radius 3 is 2.50 bits per heavy atom. The molecule has 0 unspecified atom stereocenters. The van der Waals surface area contributed by atoms with E-state index in [-0.39, 0.29) is 11.7 Å². The first-order valence-corrected chi connectivity index (χ1v) is 8.28. The Labute approximate surface area is 149 Å². The van der Waals surface area contributed by atoms with Gasteiger partial charge in [-0.05, 0) is 54.6 Å². The van der Waals surface area contributed by atoms with Gasteiger partial charge in [0.05, 0.1) is 7.11 Å². The molecular formula is C19H18BrNO3. The highest BCUT2D eigenvalue weighted by molar-refractivity contribution is 9.10. The van der Waals surface area contributed by atoms with Crippen LogP contribution in [0.5, 0.6) is 5.75 Å². The molecule has 5 heteroatoms. The minimum absolute atomic E-state index is 0.0595. The zero-order chi connectivity index (χ0) is 17.5. The van der Waals surface area contributed by atoms with E-state index in [4.69, 9.17) is 4.74 Å². The van der Waals surface area contributed by atoms with E-state index in [1.54, 1.807) is 44.4 Å². The number of ether oxygens (including phenoxy) is 1. The summed E-state index contributed by atoms with van der Waals surface area (Å²) in [7, 11) is 1.59. The minimum Gasteiger partial charge on any atom is -0.496 e. The molecule has 0 aliphatic heterocycles. The molecule has 0 saturated heterocycles. The number of halogens is 1. The number of nitrogens with one attached hydrogen (secondary N) is 1. The van der Waals surface area contributed by atoms with E-state index in [0.29, 0.717) is 23.4 Å². The van der Waals surface area contributed by atoms with Crippen molar-refractivity contribution in [3.8, 4) is 5.75 Å². The maximum absolute atomic E-state index is 12.3. The van der Waals surface area contributed by atoms with Crippen molar-refractivity contribution in [1.29, 1.82) is 0 Å². The Kier molecular flexibility index (Phi) is 6.32. The summed E-state index contributed by atoms with van der Waals surface area (Å²) in [6.45, 7) is 1.79.